The van der Waals surface area contributed by atoms with Gasteiger partial charge in [0.25, 0.3) is 11.8 Å². The lowest BCUT2D eigenvalue weighted by Crippen LogP contribution is -2.30. The summed E-state index contributed by atoms with van der Waals surface area (Å²) in [6.07, 6.45) is -0.267. The highest BCUT2D eigenvalue weighted by Gasteiger charge is 2.38. The van der Waals surface area contributed by atoms with Crippen LogP contribution in [0.5, 0.6) is 0 Å². The van der Waals surface area contributed by atoms with Crippen LogP contribution in [0.4, 0.5) is 0 Å². The predicted octanol–water partition coefficient (Wildman–Crippen LogP) is 2.70. The van der Waals surface area contributed by atoms with E-state index in [0.717, 1.165) is 4.90 Å². The molecule has 100 valence electrons. The number of fused-ring (bicyclic) bond motifs is 1. The minimum absolute atomic E-state index is 0.229. The fourth-order valence-corrected chi connectivity index (χ4v) is 3.33. The van der Waals surface area contributed by atoms with E-state index in [1.54, 1.807) is 31.2 Å². The summed E-state index contributed by atoms with van der Waals surface area (Å²) in [6.45, 7) is 5.38. The van der Waals surface area contributed by atoms with Gasteiger partial charge in [0, 0.05) is 0 Å². The zero-order valence-electron chi connectivity index (χ0n) is 10.5. The first-order valence-corrected chi connectivity index (χ1v) is 7.72. The van der Waals surface area contributed by atoms with Crippen LogP contribution in [0.2, 0.25) is 0 Å². The predicted molar refractivity (Wildman–Crippen MR) is 71.2 cm³/mol. The highest BCUT2D eigenvalue weighted by atomic mass is 31.2. The number of nitrogens with zero attached hydrogens (tertiary/aromatic N) is 1. The summed E-state index contributed by atoms with van der Waals surface area (Å²) in [5.41, 5.74) is 0.666. The Hall–Kier alpha value is -1.71. The number of rotatable bonds is 5. The van der Waals surface area contributed by atoms with Gasteiger partial charge < -0.3 is 4.52 Å². The van der Waals surface area contributed by atoms with Crippen LogP contribution in [-0.4, -0.2) is 29.6 Å². The second kappa shape index (κ2) is 5.11. The quantitative estimate of drug-likeness (QED) is 0.614. The molecular weight excluding hydrogens is 265 g/mol. The van der Waals surface area contributed by atoms with Crippen molar-refractivity contribution in [2.24, 2.45) is 0 Å². The zero-order valence-corrected chi connectivity index (χ0v) is 11.4. The molecule has 0 fully saturated rings. The van der Waals surface area contributed by atoms with Crippen LogP contribution < -0.4 is 0 Å². The molecule has 5 nitrogen and oxygen atoms in total. The molecule has 19 heavy (non-hydrogen) atoms. The summed E-state index contributed by atoms with van der Waals surface area (Å²) in [5.74, 6) is 0.296. The van der Waals surface area contributed by atoms with Gasteiger partial charge >= 0.3 is 0 Å². The maximum Gasteiger partial charge on any atom is 0.262 e. The third kappa shape index (κ3) is 2.39. The van der Waals surface area contributed by atoms with Gasteiger partial charge in [-0.2, -0.15) is 0 Å². The average Bonchev–Trinajstić information content (AvgIpc) is 2.65. The van der Waals surface area contributed by atoms with Crippen LogP contribution in [-0.2, 0) is 9.09 Å². The highest BCUT2D eigenvalue weighted by molar-refractivity contribution is 7.62. The Balaban J connectivity index is 2.30. The summed E-state index contributed by atoms with van der Waals surface area (Å²) in [5, 5.41) is 0. The van der Waals surface area contributed by atoms with Crippen molar-refractivity contribution in [1.82, 2.24) is 4.90 Å². The third-order valence-corrected chi connectivity index (χ3v) is 4.77. The first-order chi connectivity index (χ1) is 9.02. The highest BCUT2D eigenvalue weighted by Crippen LogP contribution is 2.49. The second-order valence-electron chi connectivity index (χ2n) is 4.05. The Kier molecular flexibility index (Phi) is 3.69. The average molecular weight is 279 g/mol. The topological polar surface area (TPSA) is 63.7 Å². The Morgan fingerprint density at radius 3 is 2.21 bits per heavy atom. The molecule has 0 saturated heterocycles. The molecule has 0 aliphatic carbocycles. The number of benzene rings is 1. The maximum absolute atomic E-state index is 12.3. The first-order valence-electron chi connectivity index (χ1n) is 5.84. The van der Waals surface area contributed by atoms with Gasteiger partial charge in [-0.05, 0) is 24.9 Å². The van der Waals surface area contributed by atoms with Crippen molar-refractivity contribution in [3.05, 3.63) is 47.8 Å². The molecule has 1 heterocycles. The van der Waals surface area contributed by atoms with E-state index in [0.29, 0.717) is 11.1 Å². The van der Waals surface area contributed by atoms with Crippen LogP contribution in [0.1, 0.15) is 27.6 Å². The molecule has 1 aliphatic rings. The van der Waals surface area contributed by atoms with Gasteiger partial charge in [-0.15, -0.1) is 0 Å². The van der Waals surface area contributed by atoms with Crippen molar-refractivity contribution in [1.29, 1.82) is 0 Å². The van der Waals surface area contributed by atoms with Crippen molar-refractivity contribution in [3.8, 4) is 0 Å². The summed E-state index contributed by atoms with van der Waals surface area (Å²) in [7, 11) is -3.20. The maximum atomic E-state index is 12.3. The molecule has 0 aromatic heterocycles. The van der Waals surface area contributed by atoms with E-state index in [-0.39, 0.29) is 12.9 Å². The number of carbonyl (C=O) groups excluding carboxylic acids is 2. The van der Waals surface area contributed by atoms with Crippen molar-refractivity contribution in [2.75, 3.05) is 12.9 Å². The Morgan fingerprint density at radius 1 is 1.26 bits per heavy atom. The van der Waals surface area contributed by atoms with E-state index in [9.17, 15) is 14.2 Å². The van der Waals surface area contributed by atoms with Crippen LogP contribution in [0.15, 0.2) is 36.7 Å². The van der Waals surface area contributed by atoms with Gasteiger partial charge in [-0.1, -0.05) is 18.7 Å². The van der Waals surface area contributed by atoms with Crippen LogP contribution in [0.3, 0.4) is 0 Å². The lowest BCUT2D eigenvalue weighted by Gasteiger charge is -2.19. The van der Waals surface area contributed by atoms with Gasteiger partial charge in [0.15, 0.2) is 0 Å². The zero-order chi connectivity index (χ0) is 14.0. The van der Waals surface area contributed by atoms with Gasteiger partial charge in [0.05, 0.1) is 17.7 Å². The Bertz CT molecular complexity index is 561. The Labute approximate surface area is 111 Å². The van der Waals surface area contributed by atoms with Crippen LogP contribution in [0.25, 0.3) is 0 Å². The van der Waals surface area contributed by atoms with E-state index < -0.39 is 19.2 Å². The molecule has 2 amide bonds. The summed E-state index contributed by atoms with van der Waals surface area (Å²) < 4.78 is 17.4. The normalized spacial score (nSPS) is 17.2. The lowest BCUT2D eigenvalue weighted by molar-refractivity contribution is 0.0675. The fraction of sp³-hybridized carbons (Fsp3) is 0.231. The molecule has 0 radical (unpaired) electrons. The van der Waals surface area contributed by atoms with Crippen LogP contribution >= 0.6 is 7.37 Å². The first kappa shape index (κ1) is 13.7. The molecule has 0 saturated carbocycles. The third-order valence-electron chi connectivity index (χ3n) is 2.84. The van der Waals surface area contributed by atoms with Gasteiger partial charge in [0.2, 0.25) is 7.37 Å². The molecule has 1 unspecified atom stereocenters. The van der Waals surface area contributed by atoms with E-state index >= 15 is 0 Å². The fourth-order valence-electron chi connectivity index (χ4n) is 1.93. The van der Waals surface area contributed by atoms with Gasteiger partial charge in [-0.3, -0.25) is 19.1 Å². The smallest absolute Gasteiger partial charge is 0.262 e. The molecule has 6 heteroatoms. The monoisotopic (exact) mass is 279 g/mol. The molecule has 0 N–H and O–H groups in total. The number of hydrogen-bond donors (Lipinski definition) is 0. The lowest BCUT2D eigenvalue weighted by atomic mass is 10.1. The van der Waals surface area contributed by atoms with Crippen LogP contribution in [0, 0.1) is 0 Å². The van der Waals surface area contributed by atoms with Gasteiger partial charge in [-0.25, -0.2) is 0 Å². The standard InChI is InChI=1S/C13H14NO4P/c1-3-18-19(17,4-2)9-14-12(15)10-7-5-6-8-11(10)13(14)16/h4-8H,2-3,9H2,1H3. The molecule has 1 atom stereocenters. The van der Waals surface area contributed by atoms with Crippen molar-refractivity contribution >= 4 is 19.2 Å². The van der Waals surface area contributed by atoms with E-state index in [2.05, 4.69) is 6.58 Å². The van der Waals surface area contributed by atoms with E-state index in [4.69, 9.17) is 4.52 Å². The number of imide groups is 1. The molecular formula is C13H14NO4P. The minimum Gasteiger partial charge on any atom is -0.325 e. The minimum atomic E-state index is -3.20. The second-order valence-corrected chi connectivity index (χ2v) is 6.41. The van der Waals surface area contributed by atoms with Crippen molar-refractivity contribution in [3.63, 3.8) is 0 Å². The van der Waals surface area contributed by atoms with Crippen molar-refractivity contribution < 1.29 is 18.7 Å². The summed E-state index contributed by atoms with van der Waals surface area (Å²) in [6, 6.07) is 6.52. The molecule has 1 aromatic carbocycles. The number of carbonyl (C=O) groups is 2. The summed E-state index contributed by atoms with van der Waals surface area (Å²) in [4.78, 5) is 25.2. The van der Waals surface area contributed by atoms with E-state index in [1.807, 2.05) is 0 Å². The number of amides is 2. The summed E-state index contributed by atoms with van der Waals surface area (Å²) >= 11 is 0. The van der Waals surface area contributed by atoms with E-state index in [1.165, 1.54) is 5.82 Å². The van der Waals surface area contributed by atoms with Crippen molar-refractivity contribution in [2.45, 2.75) is 6.92 Å². The molecule has 1 aromatic rings. The molecule has 0 spiro atoms. The molecule has 0 bridgehead atoms. The van der Waals surface area contributed by atoms with Gasteiger partial charge in [0.1, 0.15) is 6.29 Å². The Morgan fingerprint density at radius 2 is 1.79 bits per heavy atom. The molecule has 1 aliphatic heterocycles. The largest absolute Gasteiger partial charge is 0.325 e. The SMILES string of the molecule is C=CP(=O)(CN1C(=O)c2ccccc2C1=O)OCC. The molecule has 2 rings (SSSR count). The number of hydrogen-bond acceptors (Lipinski definition) is 4.